The second-order valence-electron chi connectivity index (χ2n) is 5.28. The molecule has 112 valence electrons. The van der Waals surface area contributed by atoms with E-state index in [1.54, 1.807) is 13.2 Å². The molecule has 2 rings (SSSR count). The Bertz CT molecular complexity index is 643. The molecule has 1 unspecified atom stereocenters. The third-order valence-corrected chi connectivity index (χ3v) is 3.37. The van der Waals surface area contributed by atoms with E-state index in [0.29, 0.717) is 12.5 Å². The van der Waals surface area contributed by atoms with E-state index in [4.69, 9.17) is 4.74 Å². The van der Waals surface area contributed by atoms with Gasteiger partial charge in [-0.3, -0.25) is 10.1 Å². The van der Waals surface area contributed by atoms with Crippen molar-refractivity contribution in [3.63, 3.8) is 0 Å². The van der Waals surface area contributed by atoms with E-state index < -0.39 is 4.92 Å². The van der Waals surface area contributed by atoms with E-state index >= 15 is 0 Å². The van der Waals surface area contributed by atoms with E-state index in [1.807, 2.05) is 12.1 Å². The summed E-state index contributed by atoms with van der Waals surface area (Å²) in [6, 6.07) is 8.49. The highest BCUT2D eigenvalue weighted by atomic mass is 16.6. The summed E-state index contributed by atoms with van der Waals surface area (Å²) in [5.41, 5.74) is 0.801. The molecule has 0 bridgehead atoms. The van der Waals surface area contributed by atoms with Gasteiger partial charge in [0.2, 0.25) is 0 Å². The molecule has 2 aromatic rings. The minimum absolute atomic E-state index is 0.0736. The van der Waals surface area contributed by atoms with Crippen molar-refractivity contribution in [3.05, 3.63) is 40.4 Å². The summed E-state index contributed by atoms with van der Waals surface area (Å²) >= 11 is 0. The number of anilines is 1. The Morgan fingerprint density at radius 3 is 2.71 bits per heavy atom. The Hall–Kier alpha value is -2.21. The molecule has 0 spiro atoms. The molecule has 1 heterocycles. The maximum atomic E-state index is 10.8. The number of nitro groups is 1. The molecule has 0 amide bonds. The molecule has 6 nitrogen and oxygen atoms in total. The van der Waals surface area contributed by atoms with Crippen LogP contribution in [0.25, 0.3) is 10.9 Å². The van der Waals surface area contributed by atoms with Crippen LogP contribution in [0, 0.1) is 16.0 Å². The van der Waals surface area contributed by atoms with Crippen molar-refractivity contribution in [2.45, 2.75) is 19.9 Å². The predicted molar refractivity (Wildman–Crippen MR) is 82.5 cm³/mol. The second kappa shape index (κ2) is 6.49. The lowest BCUT2D eigenvalue weighted by molar-refractivity contribution is -0.384. The van der Waals surface area contributed by atoms with Crippen LogP contribution >= 0.6 is 0 Å². The molecule has 0 aliphatic rings. The molecule has 0 fully saturated rings. The van der Waals surface area contributed by atoms with Gasteiger partial charge in [-0.05, 0) is 24.1 Å². The molecule has 1 N–H and O–H groups in total. The van der Waals surface area contributed by atoms with E-state index in [-0.39, 0.29) is 11.7 Å². The Kier molecular flexibility index (Phi) is 4.70. The zero-order valence-electron chi connectivity index (χ0n) is 12.4. The molecule has 0 aliphatic heterocycles. The number of benzene rings is 1. The van der Waals surface area contributed by atoms with Crippen molar-refractivity contribution < 1.29 is 9.66 Å². The number of hydrogen-bond acceptors (Lipinski definition) is 5. The first kappa shape index (κ1) is 15.2. The Morgan fingerprint density at radius 2 is 2.10 bits per heavy atom. The van der Waals surface area contributed by atoms with Crippen molar-refractivity contribution in [2.75, 3.05) is 19.0 Å². The van der Waals surface area contributed by atoms with Crippen molar-refractivity contribution in [2.24, 2.45) is 5.92 Å². The summed E-state index contributed by atoms with van der Waals surface area (Å²) in [4.78, 5) is 14.8. The maximum absolute atomic E-state index is 10.8. The van der Waals surface area contributed by atoms with Gasteiger partial charge in [-0.15, -0.1) is 0 Å². The minimum atomic E-state index is -0.404. The van der Waals surface area contributed by atoms with Crippen LogP contribution in [0.5, 0.6) is 0 Å². The number of rotatable bonds is 6. The lowest BCUT2D eigenvalue weighted by Crippen LogP contribution is -2.30. The van der Waals surface area contributed by atoms with Gasteiger partial charge in [0.15, 0.2) is 0 Å². The van der Waals surface area contributed by atoms with Crippen LogP contribution in [0.4, 0.5) is 11.5 Å². The summed E-state index contributed by atoms with van der Waals surface area (Å²) in [7, 11) is 1.67. The summed E-state index contributed by atoms with van der Waals surface area (Å²) in [5.74, 6) is 1.14. The average Bonchev–Trinajstić information content (AvgIpc) is 2.46. The first-order valence-corrected chi connectivity index (χ1v) is 6.82. The van der Waals surface area contributed by atoms with Gasteiger partial charge in [-0.2, -0.15) is 0 Å². The second-order valence-corrected chi connectivity index (χ2v) is 5.28. The van der Waals surface area contributed by atoms with E-state index in [0.717, 1.165) is 16.7 Å². The number of nitrogens with one attached hydrogen (secondary N) is 1. The number of hydrogen-bond donors (Lipinski definition) is 1. The lowest BCUT2D eigenvalue weighted by Gasteiger charge is -2.22. The van der Waals surface area contributed by atoms with Crippen LogP contribution < -0.4 is 5.32 Å². The zero-order valence-corrected chi connectivity index (χ0v) is 12.4. The number of nitrogens with zero attached hydrogens (tertiary/aromatic N) is 2. The fourth-order valence-electron chi connectivity index (χ4n) is 2.08. The molecule has 6 heteroatoms. The first-order valence-electron chi connectivity index (χ1n) is 6.82. The van der Waals surface area contributed by atoms with Gasteiger partial charge in [-0.1, -0.05) is 13.8 Å². The molecule has 21 heavy (non-hydrogen) atoms. The molecule has 0 saturated carbocycles. The molecule has 1 aromatic heterocycles. The average molecular weight is 289 g/mol. The van der Waals surface area contributed by atoms with Gasteiger partial charge in [0.05, 0.1) is 23.1 Å². The standard InChI is InChI=1S/C15H19N3O3/c1-10(2)14(9-21-3)17-15-7-4-11-8-12(18(19)20)5-6-13(11)16-15/h4-8,10,14H,9H2,1-3H3,(H,16,17). The molecular weight excluding hydrogens is 270 g/mol. The SMILES string of the molecule is COCC(Nc1ccc2cc([N+](=O)[O-])ccc2n1)C(C)C. The van der Waals surface area contributed by atoms with Crippen LogP contribution in [0.15, 0.2) is 30.3 Å². The van der Waals surface area contributed by atoms with Gasteiger partial charge in [0.25, 0.3) is 5.69 Å². The third kappa shape index (κ3) is 3.66. The van der Waals surface area contributed by atoms with Crippen molar-refractivity contribution in [1.82, 2.24) is 4.98 Å². The predicted octanol–water partition coefficient (Wildman–Crippen LogP) is 3.23. The highest BCUT2D eigenvalue weighted by Gasteiger charge is 2.14. The van der Waals surface area contributed by atoms with Gasteiger partial charge in [-0.25, -0.2) is 4.98 Å². The Balaban J connectivity index is 2.26. The molecule has 0 saturated heterocycles. The van der Waals surface area contributed by atoms with Crippen LogP contribution in [0.1, 0.15) is 13.8 Å². The topological polar surface area (TPSA) is 77.3 Å². The summed E-state index contributed by atoms with van der Waals surface area (Å²) in [6.45, 7) is 4.82. The fourth-order valence-corrected chi connectivity index (χ4v) is 2.08. The highest BCUT2D eigenvalue weighted by Crippen LogP contribution is 2.21. The van der Waals surface area contributed by atoms with Crippen molar-refractivity contribution in [3.8, 4) is 0 Å². The van der Waals surface area contributed by atoms with Crippen LogP contribution in [-0.4, -0.2) is 29.7 Å². The zero-order chi connectivity index (χ0) is 15.4. The van der Waals surface area contributed by atoms with Gasteiger partial charge >= 0.3 is 0 Å². The number of ether oxygens (including phenoxy) is 1. The maximum Gasteiger partial charge on any atom is 0.270 e. The van der Waals surface area contributed by atoms with Crippen LogP contribution in [0.2, 0.25) is 0 Å². The number of fused-ring (bicyclic) bond motifs is 1. The van der Waals surface area contributed by atoms with Gasteiger partial charge < -0.3 is 10.1 Å². The summed E-state index contributed by atoms with van der Waals surface area (Å²) < 4.78 is 5.20. The molecule has 1 atom stereocenters. The van der Waals surface area contributed by atoms with Crippen LogP contribution in [-0.2, 0) is 4.74 Å². The monoisotopic (exact) mass is 289 g/mol. The quantitative estimate of drug-likeness (QED) is 0.652. The lowest BCUT2D eigenvalue weighted by atomic mass is 10.1. The normalized spacial score (nSPS) is 12.6. The summed E-state index contributed by atoms with van der Waals surface area (Å²) in [5, 5.41) is 14.9. The van der Waals surface area contributed by atoms with Gasteiger partial charge in [0.1, 0.15) is 5.82 Å². The van der Waals surface area contributed by atoms with E-state index in [1.165, 1.54) is 12.1 Å². The fraction of sp³-hybridized carbons (Fsp3) is 0.400. The van der Waals surface area contributed by atoms with Crippen molar-refractivity contribution >= 4 is 22.4 Å². The number of pyridine rings is 1. The Morgan fingerprint density at radius 1 is 1.33 bits per heavy atom. The summed E-state index contributed by atoms with van der Waals surface area (Å²) in [6.07, 6.45) is 0. The minimum Gasteiger partial charge on any atom is -0.383 e. The largest absolute Gasteiger partial charge is 0.383 e. The number of nitro benzene ring substituents is 1. The first-order chi connectivity index (χ1) is 10.0. The molecule has 0 aliphatic carbocycles. The number of aromatic nitrogens is 1. The van der Waals surface area contributed by atoms with E-state index in [9.17, 15) is 10.1 Å². The smallest absolute Gasteiger partial charge is 0.270 e. The number of methoxy groups -OCH3 is 1. The van der Waals surface area contributed by atoms with Crippen LogP contribution in [0.3, 0.4) is 0 Å². The number of non-ortho nitro benzene ring substituents is 1. The third-order valence-electron chi connectivity index (χ3n) is 3.37. The van der Waals surface area contributed by atoms with Gasteiger partial charge in [0, 0.05) is 24.6 Å². The van der Waals surface area contributed by atoms with E-state index in [2.05, 4.69) is 24.1 Å². The van der Waals surface area contributed by atoms with Crippen molar-refractivity contribution in [1.29, 1.82) is 0 Å². The molecular formula is C15H19N3O3. The molecule has 1 aromatic carbocycles. The molecule has 0 radical (unpaired) electrons. The highest BCUT2D eigenvalue weighted by molar-refractivity contribution is 5.82. The Labute approximate surface area is 123 Å².